The summed E-state index contributed by atoms with van der Waals surface area (Å²) in [5.41, 5.74) is 0. The summed E-state index contributed by atoms with van der Waals surface area (Å²) in [6.45, 7) is 9.12. The van der Waals surface area contributed by atoms with E-state index in [0.717, 1.165) is 63.7 Å². The van der Waals surface area contributed by atoms with Crippen LogP contribution in [0.15, 0.2) is 0 Å². The second-order valence-electron chi connectivity index (χ2n) is 21.9. The minimum Gasteiger partial charge on any atom is -0.462 e. The second-order valence-corrected chi connectivity index (χ2v) is 21.9. The van der Waals surface area contributed by atoms with Crippen LogP contribution in [0.3, 0.4) is 0 Å². The number of hydrogen-bond donors (Lipinski definition) is 0. The maximum atomic E-state index is 12.9. The Morgan fingerprint density at radius 3 is 0.754 bits per heavy atom. The highest BCUT2D eigenvalue weighted by molar-refractivity contribution is 5.71. The van der Waals surface area contributed by atoms with Gasteiger partial charge in [0.1, 0.15) is 13.2 Å². The van der Waals surface area contributed by atoms with Gasteiger partial charge in [-0.3, -0.25) is 14.4 Å². The van der Waals surface area contributed by atoms with Crippen LogP contribution < -0.4 is 0 Å². The van der Waals surface area contributed by atoms with E-state index >= 15 is 0 Å². The van der Waals surface area contributed by atoms with Crippen LogP contribution >= 0.6 is 0 Å². The Morgan fingerprint density at radius 1 is 0.290 bits per heavy atom. The summed E-state index contributed by atoms with van der Waals surface area (Å²) in [6, 6.07) is 0. The molecule has 0 fully saturated rings. The first-order chi connectivity index (χ1) is 33.9. The predicted octanol–water partition coefficient (Wildman–Crippen LogP) is 21.0. The van der Waals surface area contributed by atoms with E-state index in [4.69, 9.17) is 14.2 Å². The molecule has 0 radical (unpaired) electrons. The lowest BCUT2D eigenvalue weighted by atomic mass is 9.99. The first-order valence-corrected chi connectivity index (χ1v) is 31.4. The van der Waals surface area contributed by atoms with E-state index in [-0.39, 0.29) is 31.1 Å². The van der Waals surface area contributed by atoms with Crippen LogP contribution in [0.2, 0.25) is 0 Å². The van der Waals surface area contributed by atoms with E-state index in [0.29, 0.717) is 19.3 Å². The number of carbonyl (C=O) groups is 3. The molecule has 0 rings (SSSR count). The summed E-state index contributed by atoms with van der Waals surface area (Å²) < 4.78 is 16.9. The van der Waals surface area contributed by atoms with Crippen molar-refractivity contribution in [2.45, 2.75) is 368 Å². The maximum Gasteiger partial charge on any atom is 0.306 e. The molecule has 6 nitrogen and oxygen atoms in total. The van der Waals surface area contributed by atoms with Gasteiger partial charge in [-0.1, -0.05) is 323 Å². The highest BCUT2D eigenvalue weighted by Gasteiger charge is 2.19. The predicted molar refractivity (Wildman–Crippen MR) is 298 cm³/mol. The fraction of sp³-hybridized carbons (Fsp3) is 0.952. The standard InChI is InChI=1S/C63H122O6/c1-5-8-10-12-14-16-18-20-26-32-36-40-44-48-52-56-63(66)69-60(57-67-61(64)54-50-46-42-38-34-30-21-19-17-15-13-11-9-6-2)58-68-62(65)55-51-47-43-39-35-31-28-25-23-22-24-27-29-33-37-41-45-49-53-59(4)7-3/h59-60H,5-58H2,1-4H3/t59?,60-/m1/s1. The van der Waals surface area contributed by atoms with E-state index in [9.17, 15) is 14.4 Å². The van der Waals surface area contributed by atoms with Crippen molar-refractivity contribution >= 4 is 17.9 Å². The molecule has 0 bridgehead atoms. The summed E-state index contributed by atoms with van der Waals surface area (Å²) in [6.07, 6.45) is 63.8. The third-order valence-corrected chi connectivity index (χ3v) is 14.9. The molecule has 0 spiro atoms. The molecule has 0 aromatic heterocycles. The zero-order valence-electron chi connectivity index (χ0n) is 47.3. The van der Waals surface area contributed by atoms with Gasteiger partial charge in [-0.05, 0) is 25.2 Å². The van der Waals surface area contributed by atoms with Crippen molar-refractivity contribution in [1.82, 2.24) is 0 Å². The number of unbranched alkanes of at least 4 members (excludes halogenated alkanes) is 44. The fourth-order valence-electron chi connectivity index (χ4n) is 9.78. The zero-order valence-corrected chi connectivity index (χ0v) is 47.3. The van der Waals surface area contributed by atoms with E-state index in [1.165, 1.54) is 257 Å². The number of esters is 3. The molecule has 0 aromatic rings. The molecular formula is C63H122O6. The fourth-order valence-corrected chi connectivity index (χ4v) is 9.78. The summed E-state index contributed by atoms with van der Waals surface area (Å²) in [5.74, 6) is 0.0811. The Hall–Kier alpha value is -1.59. The smallest absolute Gasteiger partial charge is 0.306 e. The van der Waals surface area contributed by atoms with Crippen molar-refractivity contribution in [2.75, 3.05) is 13.2 Å². The van der Waals surface area contributed by atoms with Gasteiger partial charge < -0.3 is 14.2 Å². The van der Waals surface area contributed by atoms with E-state index in [1.807, 2.05) is 0 Å². The molecular weight excluding hydrogens is 853 g/mol. The Balaban J connectivity index is 4.24. The Kier molecular flexibility index (Phi) is 56.0. The topological polar surface area (TPSA) is 78.9 Å². The summed E-state index contributed by atoms with van der Waals surface area (Å²) in [4.78, 5) is 38.2. The second kappa shape index (κ2) is 57.3. The van der Waals surface area contributed by atoms with Crippen molar-refractivity contribution in [3.05, 3.63) is 0 Å². The molecule has 6 heteroatoms. The lowest BCUT2D eigenvalue weighted by Gasteiger charge is -2.18. The third kappa shape index (κ3) is 55.6. The van der Waals surface area contributed by atoms with Crippen LogP contribution in [0.25, 0.3) is 0 Å². The van der Waals surface area contributed by atoms with Gasteiger partial charge in [-0.2, -0.15) is 0 Å². The molecule has 0 N–H and O–H groups in total. The van der Waals surface area contributed by atoms with Gasteiger partial charge in [0.05, 0.1) is 0 Å². The molecule has 0 heterocycles. The van der Waals surface area contributed by atoms with Crippen LogP contribution in [0, 0.1) is 5.92 Å². The molecule has 0 aliphatic heterocycles. The Labute approximate surface area is 431 Å². The van der Waals surface area contributed by atoms with E-state index < -0.39 is 6.10 Å². The van der Waals surface area contributed by atoms with Crippen molar-refractivity contribution in [2.24, 2.45) is 5.92 Å². The van der Waals surface area contributed by atoms with Crippen LogP contribution in [0.1, 0.15) is 362 Å². The van der Waals surface area contributed by atoms with E-state index in [1.54, 1.807) is 0 Å². The molecule has 0 saturated heterocycles. The zero-order chi connectivity index (χ0) is 50.2. The van der Waals surface area contributed by atoms with Crippen molar-refractivity contribution in [1.29, 1.82) is 0 Å². The van der Waals surface area contributed by atoms with Crippen molar-refractivity contribution in [3.8, 4) is 0 Å². The quantitative estimate of drug-likeness (QED) is 0.0343. The Morgan fingerprint density at radius 2 is 0.507 bits per heavy atom. The molecule has 0 aliphatic rings. The molecule has 0 saturated carbocycles. The third-order valence-electron chi connectivity index (χ3n) is 14.9. The lowest BCUT2D eigenvalue weighted by molar-refractivity contribution is -0.167. The van der Waals surface area contributed by atoms with Gasteiger partial charge >= 0.3 is 17.9 Å². The van der Waals surface area contributed by atoms with Crippen LogP contribution in [0.4, 0.5) is 0 Å². The number of carbonyl (C=O) groups excluding carboxylic acids is 3. The molecule has 0 aliphatic carbocycles. The first kappa shape index (κ1) is 67.4. The van der Waals surface area contributed by atoms with Crippen LogP contribution in [-0.2, 0) is 28.6 Å². The first-order valence-electron chi connectivity index (χ1n) is 31.4. The summed E-state index contributed by atoms with van der Waals surface area (Å²) in [7, 11) is 0. The van der Waals surface area contributed by atoms with Gasteiger partial charge in [-0.15, -0.1) is 0 Å². The van der Waals surface area contributed by atoms with Gasteiger partial charge in [0.25, 0.3) is 0 Å². The molecule has 0 amide bonds. The minimum atomic E-state index is -0.762. The van der Waals surface area contributed by atoms with Crippen molar-refractivity contribution < 1.29 is 28.6 Å². The maximum absolute atomic E-state index is 12.9. The average Bonchev–Trinajstić information content (AvgIpc) is 3.35. The van der Waals surface area contributed by atoms with Crippen molar-refractivity contribution in [3.63, 3.8) is 0 Å². The monoisotopic (exact) mass is 975 g/mol. The molecule has 0 aromatic carbocycles. The molecule has 410 valence electrons. The van der Waals surface area contributed by atoms with Gasteiger partial charge in [0.2, 0.25) is 0 Å². The van der Waals surface area contributed by atoms with Crippen LogP contribution in [-0.4, -0.2) is 37.2 Å². The molecule has 1 unspecified atom stereocenters. The van der Waals surface area contributed by atoms with E-state index in [2.05, 4.69) is 27.7 Å². The highest BCUT2D eigenvalue weighted by atomic mass is 16.6. The highest BCUT2D eigenvalue weighted by Crippen LogP contribution is 2.19. The summed E-state index contributed by atoms with van der Waals surface area (Å²) in [5, 5.41) is 0. The summed E-state index contributed by atoms with van der Waals surface area (Å²) >= 11 is 0. The van der Waals surface area contributed by atoms with Gasteiger partial charge in [0, 0.05) is 19.3 Å². The lowest BCUT2D eigenvalue weighted by Crippen LogP contribution is -2.30. The molecule has 2 atom stereocenters. The average molecular weight is 976 g/mol. The number of ether oxygens (including phenoxy) is 3. The minimum absolute atomic E-state index is 0.0612. The van der Waals surface area contributed by atoms with Crippen LogP contribution in [0.5, 0.6) is 0 Å². The number of hydrogen-bond acceptors (Lipinski definition) is 6. The normalized spacial score (nSPS) is 12.3. The largest absolute Gasteiger partial charge is 0.462 e. The SMILES string of the molecule is CCCCCCCCCCCCCCCCCC(=O)O[C@H](COC(=O)CCCCCCCCCCCCCCCC)COC(=O)CCCCCCCCCCCCCCCCCCCCC(C)CC. The van der Waals surface area contributed by atoms with Gasteiger partial charge in [-0.25, -0.2) is 0 Å². The van der Waals surface area contributed by atoms with Gasteiger partial charge in [0.15, 0.2) is 6.10 Å². The molecule has 69 heavy (non-hydrogen) atoms. The Bertz CT molecular complexity index is 1040. The number of rotatable bonds is 58.